The van der Waals surface area contributed by atoms with Crippen LogP contribution in [0.15, 0.2) is 47.4 Å². The van der Waals surface area contributed by atoms with Crippen molar-refractivity contribution in [2.75, 3.05) is 13.7 Å². The van der Waals surface area contributed by atoms with Gasteiger partial charge in [0.25, 0.3) is 5.91 Å². The molecule has 172 valence electrons. The van der Waals surface area contributed by atoms with Crippen molar-refractivity contribution in [3.05, 3.63) is 59.2 Å². The zero-order chi connectivity index (χ0) is 22.9. The summed E-state index contributed by atoms with van der Waals surface area (Å²) in [5, 5.41) is 0. The summed E-state index contributed by atoms with van der Waals surface area (Å²) in [6.07, 6.45) is 4.66. The minimum absolute atomic E-state index is 0.0673. The molecule has 0 radical (unpaired) electrons. The molecule has 1 saturated carbocycles. The molecule has 0 aromatic heterocycles. The van der Waals surface area contributed by atoms with Crippen LogP contribution in [0.25, 0.3) is 0 Å². The standard InChI is InChI=1S/C25H32N2O4S/c1-18-7-9-20(10-8-18)17-26(22-12-13-22)25(28)21-11-14-23(31-3)24(16-21)32(29,30)27-15-5-4-6-19(27)2/h7-11,14,16,19,22H,4-6,12-13,15,17H2,1-3H3. The third-order valence-electron chi connectivity index (χ3n) is 6.46. The molecule has 1 amide bonds. The molecule has 1 heterocycles. The summed E-state index contributed by atoms with van der Waals surface area (Å²) in [5.74, 6) is 0.134. The maximum atomic E-state index is 13.5. The Labute approximate surface area is 191 Å². The van der Waals surface area contributed by atoms with E-state index < -0.39 is 10.0 Å². The zero-order valence-electron chi connectivity index (χ0n) is 19.1. The van der Waals surface area contributed by atoms with Crippen molar-refractivity contribution in [2.24, 2.45) is 0 Å². The number of sulfonamides is 1. The van der Waals surface area contributed by atoms with Crippen LogP contribution in [0.5, 0.6) is 5.75 Å². The van der Waals surface area contributed by atoms with E-state index in [1.807, 2.05) is 43.0 Å². The Balaban J connectivity index is 1.66. The first-order valence-corrected chi connectivity index (χ1v) is 12.8. The van der Waals surface area contributed by atoms with E-state index in [2.05, 4.69) is 0 Å². The van der Waals surface area contributed by atoms with Gasteiger partial charge in [0, 0.05) is 30.7 Å². The predicted molar refractivity (Wildman–Crippen MR) is 124 cm³/mol. The van der Waals surface area contributed by atoms with Crippen LogP contribution in [-0.2, 0) is 16.6 Å². The summed E-state index contributed by atoms with van der Waals surface area (Å²) >= 11 is 0. The molecule has 0 bridgehead atoms. The van der Waals surface area contributed by atoms with Gasteiger partial charge in [0.05, 0.1) is 7.11 Å². The first kappa shape index (κ1) is 22.8. The highest BCUT2D eigenvalue weighted by molar-refractivity contribution is 7.89. The minimum atomic E-state index is -3.77. The third kappa shape index (κ3) is 4.69. The number of rotatable bonds is 7. The highest BCUT2D eigenvalue weighted by Gasteiger charge is 2.36. The van der Waals surface area contributed by atoms with Crippen molar-refractivity contribution in [3.63, 3.8) is 0 Å². The summed E-state index contributed by atoms with van der Waals surface area (Å²) in [6.45, 7) is 4.98. The van der Waals surface area contributed by atoms with Gasteiger partial charge >= 0.3 is 0 Å². The van der Waals surface area contributed by atoms with E-state index in [1.165, 1.54) is 18.7 Å². The Kier molecular flexibility index (Phi) is 6.58. The predicted octanol–water partition coefficient (Wildman–Crippen LogP) is 4.37. The lowest BCUT2D eigenvalue weighted by Gasteiger charge is -2.32. The molecule has 2 aromatic carbocycles. The van der Waals surface area contributed by atoms with Gasteiger partial charge < -0.3 is 9.64 Å². The second-order valence-electron chi connectivity index (χ2n) is 8.98. The van der Waals surface area contributed by atoms with Gasteiger partial charge in [0.1, 0.15) is 10.6 Å². The highest BCUT2D eigenvalue weighted by Crippen LogP contribution is 2.34. The highest BCUT2D eigenvalue weighted by atomic mass is 32.2. The number of nitrogens with zero attached hydrogens (tertiary/aromatic N) is 2. The molecule has 1 atom stereocenters. The van der Waals surface area contributed by atoms with E-state index in [1.54, 1.807) is 16.4 Å². The summed E-state index contributed by atoms with van der Waals surface area (Å²) in [4.78, 5) is 15.4. The Bertz CT molecular complexity index is 1080. The van der Waals surface area contributed by atoms with E-state index in [4.69, 9.17) is 4.74 Å². The largest absolute Gasteiger partial charge is 0.495 e. The van der Waals surface area contributed by atoms with Crippen molar-refractivity contribution < 1.29 is 17.9 Å². The molecule has 0 N–H and O–H groups in total. The molecule has 2 aromatic rings. The van der Waals surface area contributed by atoms with Gasteiger partial charge in [-0.05, 0) is 63.3 Å². The van der Waals surface area contributed by atoms with Gasteiger partial charge in [-0.1, -0.05) is 36.2 Å². The van der Waals surface area contributed by atoms with Crippen LogP contribution >= 0.6 is 0 Å². The van der Waals surface area contributed by atoms with Crippen LogP contribution in [0.3, 0.4) is 0 Å². The topological polar surface area (TPSA) is 66.9 Å². The number of carbonyl (C=O) groups excluding carboxylic acids is 1. The Morgan fingerprint density at radius 2 is 1.81 bits per heavy atom. The number of methoxy groups -OCH3 is 1. The van der Waals surface area contributed by atoms with Crippen LogP contribution in [0.4, 0.5) is 0 Å². The fourth-order valence-corrected chi connectivity index (χ4v) is 6.26. The first-order chi connectivity index (χ1) is 15.3. The molecule has 0 spiro atoms. The second-order valence-corrected chi connectivity index (χ2v) is 10.8. The summed E-state index contributed by atoms with van der Waals surface area (Å²) < 4.78 is 34.0. The number of benzene rings is 2. The summed E-state index contributed by atoms with van der Waals surface area (Å²) in [6, 6.07) is 13.1. The monoisotopic (exact) mass is 456 g/mol. The molecule has 4 rings (SSSR count). The SMILES string of the molecule is COc1ccc(C(=O)N(Cc2ccc(C)cc2)C2CC2)cc1S(=O)(=O)N1CCCCC1C. The van der Waals surface area contributed by atoms with E-state index in [0.717, 1.165) is 37.7 Å². The first-order valence-electron chi connectivity index (χ1n) is 11.4. The summed E-state index contributed by atoms with van der Waals surface area (Å²) in [5.41, 5.74) is 2.63. The molecule has 1 saturated heterocycles. The fourth-order valence-electron chi connectivity index (χ4n) is 4.38. The van der Waals surface area contributed by atoms with Crippen LogP contribution in [0, 0.1) is 6.92 Å². The maximum absolute atomic E-state index is 13.5. The van der Waals surface area contributed by atoms with E-state index >= 15 is 0 Å². The van der Waals surface area contributed by atoms with Gasteiger partial charge in [0.15, 0.2) is 0 Å². The molecule has 1 aliphatic carbocycles. The third-order valence-corrected chi connectivity index (χ3v) is 8.50. The van der Waals surface area contributed by atoms with Crippen LogP contribution in [0.2, 0.25) is 0 Å². The van der Waals surface area contributed by atoms with Gasteiger partial charge in [0.2, 0.25) is 10.0 Å². The van der Waals surface area contributed by atoms with Crippen molar-refractivity contribution in [3.8, 4) is 5.75 Å². The Hall–Kier alpha value is -2.38. The molecule has 1 unspecified atom stereocenters. The van der Waals surface area contributed by atoms with E-state index in [9.17, 15) is 13.2 Å². The average molecular weight is 457 g/mol. The number of amides is 1. The molecular formula is C25H32N2O4S. The summed E-state index contributed by atoms with van der Waals surface area (Å²) in [7, 11) is -2.30. The van der Waals surface area contributed by atoms with Crippen molar-refractivity contribution in [1.29, 1.82) is 0 Å². The van der Waals surface area contributed by atoms with Gasteiger partial charge in [-0.25, -0.2) is 8.42 Å². The second kappa shape index (κ2) is 9.24. The number of aryl methyl sites for hydroxylation is 1. The number of carbonyl (C=O) groups is 1. The number of hydrogen-bond acceptors (Lipinski definition) is 4. The van der Waals surface area contributed by atoms with Crippen molar-refractivity contribution in [2.45, 2.75) is 69.5 Å². The van der Waals surface area contributed by atoms with Gasteiger partial charge in [-0.3, -0.25) is 4.79 Å². The molecule has 6 nitrogen and oxygen atoms in total. The average Bonchev–Trinajstić information content (AvgIpc) is 3.63. The molecule has 2 aliphatic rings. The zero-order valence-corrected chi connectivity index (χ0v) is 19.9. The van der Waals surface area contributed by atoms with Crippen molar-refractivity contribution >= 4 is 15.9 Å². The quantitative estimate of drug-likeness (QED) is 0.620. The number of piperidine rings is 1. The molecule has 7 heteroatoms. The number of ether oxygens (including phenoxy) is 1. The molecule has 1 aliphatic heterocycles. The lowest BCUT2D eigenvalue weighted by atomic mass is 10.1. The van der Waals surface area contributed by atoms with E-state index in [-0.39, 0.29) is 28.6 Å². The van der Waals surface area contributed by atoms with E-state index in [0.29, 0.717) is 18.7 Å². The number of hydrogen-bond donors (Lipinski definition) is 0. The Morgan fingerprint density at radius 1 is 1.09 bits per heavy atom. The van der Waals surface area contributed by atoms with Crippen LogP contribution in [0.1, 0.15) is 60.5 Å². The minimum Gasteiger partial charge on any atom is -0.495 e. The molecular weight excluding hydrogens is 424 g/mol. The molecule has 32 heavy (non-hydrogen) atoms. The fraction of sp³-hybridized carbons (Fsp3) is 0.480. The molecule has 2 fully saturated rings. The lowest BCUT2D eigenvalue weighted by molar-refractivity contribution is 0.0729. The van der Waals surface area contributed by atoms with Crippen LogP contribution < -0.4 is 4.74 Å². The van der Waals surface area contributed by atoms with Gasteiger partial charge in [-0.15, -0.1) is 0 Å². The van der Waals surface area contributed by atoms with Gasteiger partial charge in [-0.2, -0.15) is 4.31 Å². The Morgan fingerprint density at radius 3 is 2.44 bits per heavy atom. The maximum Gasteiger partial charge on any atom is 0.254 e. The normalized spacial score (nSPS) is 19.5. The smallest absolute Gasteiger partial charge is 0.254 e. The lowest BCUT2D eigenvalue weighted by Crippen LogP contribution is -2.42. The van der Waals surface area contributed by atoms with Crippen LogP contribution in [-0.4, -0.2) is 49.3 Å². The van der Waals surface area contributed by atoms with Crippen molar-refractivity contribution in [1.82, 2.24) is 9.21 Å².